The number of H-pyrrole nitrogens is 1. The van der Waals surface area contributed by atoms with E-state index in [4.69, 9.17) is 5.11 Å². The minimum absolute atomic E-state index is 0.000278. The molecule has 1 aromatic heterocycles. The van der Waals surface area contributed by atoms with E-state index in [-0.39, 0.29) is 10.9 Å². The van der Waals surface area contributed by atoms with Gasteiger partial charge in [-0.2, -0.15) is 0 Å². The minimum Gasteiger partial charge on any atom is -0.504 e. The molecule has 0 aliphatic rings. The number of aromatic amines is 1. The average Bonchev–Trinajstić information content (AvgIpc) is 2.20. The Labute approximate surface area is 87.6 Å². The first kappa shape index (κ1) is 9.97. The van der Waals surface area contributed by atoms with Crippen molar-refractivity contribution < 1.29 is 20.1 Å². The Kier molecular flexibility index (Phi) is 2.01. The number of phenolic OH excluding ortho intramolecular Hbond substituents is 2. The van der Waals surface area contributed by atoms with E-state index >= 15 is 0 Å². The van der Waals surface area contributed by atoms with Crippen molar-refractivity contribution in [1.29, 1.82) is 0 Å². The zero-order valence-corrected chi connectivity index (χ0v) is 7.76. The second kappa shape index (κ2) is 3.23. The first-order valence-electron chi connectivity index (χ1n) is 4.18. The molecule has 0 radical (unpaired) electrons. The van der Waals surface area contributed by atoms with Crippen molar-refractivity contribution in [1.82, 2.24) is 9.97 Å². The largest absolute Gasteiger partial charge is 0.504 e. The maximum absolute atomic E-state index is 11.4. The predicted octanol–water partition coefficient (Wildman–Crippen LogP) is 0.0325. The molecule has 0 aliphatic heterocycles. The molecule has 1 aromatic carbocycles. The molecule has 0 spiro atoms. The molecule has 16 heavy (non-hydrogen) atoms. The molecule has 0 saturated heterocycles. The van der Waals surface area contributed by atoms with Crippen LogP contribution in [0, 0.1) is 0 Å². The number of aromatic nitrogens is 2. The molecule has 0 unspecified atom stereocenters. The van der Waals surface area contributed by atoms with E-state index in [1.165, 1.54) is 0 Å². The van der Waals surface area contributed by atoms with E-state index in [1.54, 1.807) is 0 Å². The summed E-state index contributed by atoms with van der Waals surface area (Å²) in [5.41, 5.74) is -0.700. The van der Waals surface area contributed by atoms with Gasteiger partial charge in [-0.1, -0.05) is 0 Å². The fourth-order valence-electron chi connectivity index (χ4n) is 1.26. The molecule has 82 valence electrons. The molecule has 7 nitrogen and oxygen atoms in total. The number of carbonyl (C=O) groups is 1. The number of carboxylic acid groups (broad SMARTS) is 1. The number of nitrogens with zero attached hydrogens (tertiary/aromatic N) is 1. The van der Waals surface area contributed by atoms with Gasteiger partial charge in [-0.05, 0) is 6.07 Å². The third-order valence-electron chi connectivity index (χ3n) is 2.00. The van der Waals surface area contributed by atoms with Crippen LogP contribution in [-0.4, -0.2) is 31.3 Å². The lowest BCUT2D eigenvalue weighted by Crippen LogP contribution is -2.15. The van der Waals surface area contributed by atoms with Gasteiger partial charge in [0.2, 0.25) is 5.82 Å². The van der Waals surface area contributed by atoms with Crippen molar-refractivity contribution >= 4 is 16.9 Å². The molecule has 1 heterocycles. The van der Waals surface area contributed by atoms with Crippen LogP contribution < -0.4 is 5.56 Å². The van der Waals surface area contributed by atoms with Crippen LogP contribution in [0.2, 0.25) is 0 Å². The molecule has 0 aliphatic carbocycles. The molecule has 0 atom stereocenters. The van der Waals surface area contributed by atoms with E-state index < -0.39 is 28.9 Å². The lowest BCUT2D eigenvalue weighted by atomic mass is 10.2. The monoisotopic (exact) mass is 222 g/mol. The summed E-state index contributed by atoms with van der Waals surface area (Å²) in [7, 11) is 0. The van der Waals surface area contributed by atoms with E-state index in [0.717, 1.165) is 12.1 Å². The van der Waals surface area contributed by atoms with Gasteiger partial charge in [-0.25, -0.2) is 9.78 Å². The molecular formula is C9H6N2O5. The van der Waals surface area contributed by atoms with Crippen LogP contribution in [0.15, 0.2) is 16.9 Å². The number of fused-ring (bicyclic) bond motifs is 1. The number of aromatic carboxylic acids is 1. The van der Waals surface area contributed by atoms with Crippen LogP contribution in [0.3, 0.4) is 0 Å². The second-order valence-electron chi connectivity index (χ2n) is 3.08. The Hall–Kier alpha value is -2.57. The minimum atomic E-state index is -1.38. The standard InChI is InChI=1S/C9H6N2O5/c12-5-1-3-4(2-6(5)13)10-7(9(15)16)11-8(3)14/h1-2,12-13H,(H,15,16)(H,10,11,14). The lowest BCUT2D eigenvalue weighted by molar-refractivity contribution is 0.0683. The van der Waals surface area contributed by atoms with E-state index in [9.17, 15) is 19.8 Å². The quantitative estimate of drug-likeness (QED) is 0.505. The summed E-state index contributed by atoms with van der Waals surface area (Å²) in [6, 6.07) is 2.04. The number of hydrogen-bond acceptors (Lipinski definition) is 5. The fourth-order valence-corrected chi connectivity index (χ4v) is 1.26. The van der Waals surface area contributed by atoms with Crippen LogP contribution in [0.25, 0.3) is 10.9 Å². The third-order valence-corrected chi connectivity index (χ3v) is 2.00. The number of benzene rings is 1. The molecule has 7 heteroatoms. The number of nitrogens with one attached hydrogen (secondary N) is 1. The molecular weight excluding hydrogens is 216 g/mol. The van der Waals surface area contributed by atoms with E-state index in [2.05, 4.69) is 4.98 Å². The van der Waals surface area contributed by atoms with Gasteiger partial charge in [0.05, 0.1) is 10.9 Å². The van der Waals surface area contributed by atoms with Crippen molar-refractivity contribution in [2.24, 2.45) is 0 Å². The normalized spacial score (nSPS) is 10.5. The summed E-state index contributed by atoms with van der Waals surface area (Å²) in [5.74, 6) is -2.85. The summed E-state index contributed by atoms with van der Waals surface area (Å²) in [6.07, 6.45) is 0. The van der Waals surface area contributed by atoms with Crippen LogP contribution in [0.4, 0.5) is 0 Å². The number of carboxylic acids is 1. The number of rotatable bonds is 1. The zero-order valence-electron chi connectivity index (χ0n) is 7.76. The highest BCUT2D eigenvalue weighted by Crippen LogP contribution is 2.27. The van der Waals surface area contributed by atoms with Crippen molar-refractivity contribution in [2.75, 3.05) is 0 Å². The molecule has 0 amide bonds. The molecule has 0 fully saturated rings. The van der Waals surface area contributed by atoms with Crippen LogP contribution in [0.5, 0.6) is 11.5 Å². The van der Waals surface area contributed by atoms with Crippen LogP contribution in [0.1, 0.15) is 10.6 Å². The molecule has 2 aromatic rings. The Morgan fingerprint density at radius 1 is 1.25 bits per heavy atom. The summed E-state index contributed by atoms with van der Waals surface area (Å²) < 4.78 is 0. The van der Waals surface area contributed by atoms with Crippen molar-refractivity contribution in [3.8, 4) is 11.5 Å². The second-order valence-corrected chi connectivity index (χ2v) is 3.08. The SMILES string of the molecule is O=C(O)c1nc2cc(O)c(O)cc2c(=O)[nH]1. The van der Waals surface area contributed by atoms with Crippen LogP contribution in [-0.2, 0) is 0 Å². The van der Waals surface area contributed by atoms with Gasteiger partial charge in [0, 0.05) is 6.07 Å². The maximum atomic E-state index is 11.4. The first-order valence-corrected chi connectivity index (χ1v) is 4.18. The van der Waals surface area contributed by atoms with Crippen molar-refractivity contribution in [3.63, 3.8) is 0 Å². The third kappa shape index (κ3) is 1.44. The highest BCUT2D eigenvalue weighted by Gasteiger charge is 2.11. The number of hydrogen-bond donors (Lipinski definition) is 4. The Morgan fingerprint density at radius 3 is 2.50 bits per heavy atom. The predicted molar refractivity (Wildman–Crippen MR) is 52.7 cm³/mol. The van der Waals surface area contributed by atoms with Crippen molar-refractivity contribution in [3.05, 3.63) is 28.3 Å². The zero-order chi connectivity index (χ0) is 11.9. The molecule has 0 saturated carbocycles. The van der Waals surface area contributed by atoms with Gasteiger partial charge >= 0.3 is 5.97 Å². The van der Waals surface area contributed by atoms with Crippen LogP contribution >= 0.6 is 0 Å². The van der Waals surface area contributed by atoms with E-state index in [1.807, 2.05) is 4.98 Å². The summed E-state index contributed by atoms with van der Waals surface area (Å²) in [4.78, 5) is 27.7. The highest BCUT2D eigenvalue weighted by molar-refractivity contribution is 5.88. The highest BCUT2D eigenvalue weighted by atomic mass is 16.4. The lowest BCUT2D eigenvalue weighted by Gasteiger charge is -2.01. The maximum Gasteiger partial charge on any atom is 0.372 e. The van der Waals surface area contributed by atoms with E-state index in [0.29, 0.717) is 0 Å². The Balaban J connectivity index is 2.88. The van der Waals surface area contributed by atoms with Crippen molar-refractivity contribution in [2.45, 2.75) is 0 Å². The van der Waals surface area contributed by atoms with Gasteiger partial charge in [-0.15, -0.1) is 0 Å². The fraction of sp³-hybridized carbons (Fsp3) is 0. The number of phenols is 2. The Morgan fingerprint density at radius 2 is 1.88 bits per heavy atom. The van der Waals surface area contributed by atoms with Gasteiger partial charge in [0.15, 0.2) is 11.5 Å². The van der Waals surface area contributed by atoms with Gasteiger partial charge in [0.25, 0.3) is 5.56 Å². The van der Waals surface area contributed by atoms with Gasteiger partial charge in [-0.3, -0.25) is 4.79 Å². The first-order chi connectivity index (χ1) is 7.49. The molecule has 2 rings (SSSR count). The van der Waals surface area contributed by atoms with Gasteiger partial charge < -0.3 is 20.3 Å². The summed E-state index contributed by atoms with van der Waals surface area (Å²) in [6.45, 7) is 0. The Bertz CT molecular complexity index is 646. The smallest absolute Gasteiger partial charge is 0.372 e. The molecule has 4 N–H and O–H groups in total. The summed E-state index contributed by atoms with van der Waals surface area (Å²) >= 11 is 0. The van der Waals surface area contributed by atoms with Gasteiger partial charge in [0.1, 0.15) is 0 Å². The number of aromatic hydroxyl groups is 2. The molecule has 0 bridgehead atoms. The summed E-state index contributed by atoms with van der Waals surface area (Å²) in [5, 5.41) is 27.0. The average molecular weight is 222 g/mol. The topological polar surface area (TPSA) is 124 Å².